The van der Waals surface area contributed by atoms with E-state index < -0.39 is 6.04 Å². The Labute approximate surface area is 115 Å². The molecule has 0 aromatic rings. The van der Waals surface area contributed by atoms with Crippen LogP contribution in [0.2, 0.25) is 0 Å². The molecule has 3 aliphatic heterocycles. The molecule has 0 spiro atoms. The minimum absolute atomic E-state index is 0.129. The van der Waals surface area contributed by atoms with Crippen molar-refractivity contribution < 1.29 is 9.59 Å². The van der Waals surface area contributed by atoms with Crippen molar-refractivity contribution in [2.45, 2.75) is 31.7 Å². The third-order valence-electron chi connectivity index (χ3n) is 4.35. The van der Waals surface area contributed by atoms with Crippen LogP contribution in [-0.4, -0.2) is 47.1 Å². The van der Waals surface area contributed by atoms with E-state index in [4.69, 9.17) is 0 Å². The fourth-order valence-electron chi connectivity index (χ4n) is 3.37. The first kappa shape index (κ1) is 11.6. The van der Waals surface area contributed by atoms with Crippen molar-refractivity contribution in [2.24, 2.45) is 31.8 Å². The number of aliphatic imine (C=N–C) groups is 4. The van der Waals surface area contributed by atoms with Crippen molar-refractivity contribution in [1.82, 2.24) is 4.90 Å². The summed E-state index contributed by atoms with van der Waals surface area (Å²) < 4.78 is 0. The van der Waals surface area contributed by atoms with E-state index in [-0.39, 0.29) is 23.7 Å². The molecule has 7 nitrogen and oxygen atoms in total. The third kappa shape index (κ3) is 1.46. The quantitative estimate of drug-likeness (QED) is 0.597. The highest BCUT2D eigenvalue weighted by molar-refractivity contribution is 6.28. The van der Waals surface area contributed by atoms with E-state index in [0.29, 0.717) is 11.7 Å². The molecule has 3 unspecified atom stereocenters. The maximum Gasteiger partial charge on any atom is 0.238 e. The lowest BCUT2D eigenvalue weighted by Gasteiger charge is -2.21. The SMILES string of the molecule is O=C1C2CCCCC2C(=O)N1C1=NC=NC2=NC=NC21. The fourth-order valence-corrected chi connectivity index (χ4v) is 3.37. The van der Waals surface area contributed by atoms with Gasteiger partial charge in [-0.05, 0) is 12.8 Å². The zero-order chi connectivity index (χ0) is 13.7. The molecule has 4 rings (SSSR count). The number of amidine groups is 2. The summed E-state index contributed by atoms with van der Waals surface area (Å²) in [5.74, 6) is 0.236. The average Bonchev–Trinajstić information content (AvgIpc) is 3.04. The lowest BCUT2D eigenvalue weighted by Crippen LogP contribution is -2.46. The van der Waals surface area contributed by atoms with Crippen LogP contribution in [0, 0.1) is 11.8 Å². The molecule has 7 heteroatoms. The molecule has 102 valence electrons. The first-order valence-electron chi connectivity index (χ1n) is 6.85. The molecule has 3 heterocycles. The molecule has 4 aliphatic rings. The van der Waals surface area contributed by atoms with Gasteiger partial charge in [-0.2, -0.15) is 0 Å². The molecule has 0 aromatic carbocycles. The van der Waals surface area contributed by atoms with Gasteiger partial charge in [-0.1, -0.05) is 12.8 Å². The van der Waals surface area contributed by atoms with Crippen LogP contribution in [0.1, 0.15) is 25.7 Å². The Morgan fingerprint density at radius 1 is 1.00 bits per heavy atom. The van der Waals surface area contributed by atoms with E-state index >= 15 is 0 Å². The van der Waals surface area contributed by atoms with Crippen molar-refractivity contribution in [3.63, 3.8) is 0 Å². The molecule has 3 atom stereocenters. The molecule has 2 amide bonds. The maximum atomic E-state index is 12.5. The molecule has 0 radical (unpaired) electrons. The summed E-state index contributed by atoms with van der Waals surface area (Å²) in [6.07, 6.45) is 6.34. The Morgan fingerprint density at radius 3 is 2.40 bits per heavy atom. The summed E-state index contributed by atoms with van der Waals surface area (Å²) in [5, 5.41) is 0. The van der Waals surface area contributed by atoms with Crippen LogP contribution in [0.15, 0.2) is 20.0 Å². The predicted octanol–water partition coefficient (Wildman–Crippen LogP) is 0.411. The zero-order valence-electron chi connectivity index (χ0n) is 10.8. The van der Waals surface area contributed by atoms with Crippen LogP contribution in [-0.2, 0) is 9.59 Å². The van der Waals surface area contributed by atoms with Gasteiger partial charge in [-0.3, -0.25) is 14.6 Å². The first-order chi connectivity index (χ1) is 9.77. The van der Waals surface area contributed by atoms with Gasteiger partial charge < -0.3 is 0 Å². The second kappa shape index (κ2) is 4.16. The van der Waals surface area contributed by atoms with Crippen LogP contribution in [0.4, 0.5) is 0 Å². The number of likely N-dealkylation sites (tertiary alicyclic amines) is 1. The molecule has 0 N–H and O–H groups in total. The lowest BCUT2D eigenvalue weighted by atomic mass is 9.81. The fraction of sp³-hybridized carbons (Fsp3) is 0.538. The molecule has 20 heavy (non-hydrogen) atoms. The summed E-state index contributed by atoms with van der Waals surface area (Å²) >= 11 is 0. The predicted molar refractivity (Wildman–Crippen MR) is 72.9 cm³/mol. The van der Waals surface area contributed by atoms with Crippen LogP contribution in [0.3, 0.4) is 0 Å². The summed E-state index contributed by atoms with van der Waals surface area (Å²) in [5.41, 5.74) is 0. The number of rotatable bonds is 0. The Kier molecular flexibility index (Phi) is 2.42. The van der Waals surface area contributed by atoms with Gasteiger partial charge in [0.15, 0.2) is 17.7 Å². The van der Waals surface area contributed by atoms with Crippen molar-refractivity contribution in [3.05, 3.63) is 0 Å². The molecule has 1 saturated heterocycles. The molecule has 1 aliphatic carbocycles. The topological polar surface area (TPSA) is 86.8 Å². The van der Waals surface area contributed by atoms with Gasteiger partial charge in [0, 0.05) is 0 Å². The second-order valence-corrected chi connectivity index (χ2v) is 5.40. The third-order valence-corrected chi connectivity index (χ3v) is 4.35. The van der Waals surface area contributed by atoms with E-state index in [1.165, 1.54) is 17.6 Å². The Hall–Kier alpha value is -2.18. The van der Waals surface area contributed by atoms with Gasteiger partial charge in [0.2, 0.25) is 11.8 Å². The molecule has 0 aromatic heterocycles. The standard InChI is InChI=1S/C13H13N5O2/c19-12-7-3-1-2-4-8(7)13(20)18(12)11-9-10(15-5-14-9)16-6-17-11/h5-9H,1-4H2. The lowest BCUT2D eigenvalue weighted by molar-refractivity contribution is -0.135. The van der Waals surface area contributed by atoms with E-state index in [0.717, 1.165) is 25.7 Å². The Bertz CT molecular complexity index is 594. The van der Waals surface area contributed by atoms with Crippen molar-refractivity contribution in [2.75, 3.05) is 0 Å². The number of hydrogen-bond acceptors (Lipinski definition) is 6. The largest absolute Gasteiger partial charge is 0.274 e. The highest BCUT2D eigenvalue weighted by Crippen LogP contribution is 2.38. The van der Waals surface area contributed by atoms with Gasteiger partial charge in [0.1, 0.15) is 12.7 Å². The second-order valence-electron chi connectivity index (χ2n) is 5.40. The van der Waals surface area contributed by atoms with Gasteiger partial charge in [-0.25, -0.2) is 19.9 Å². The number of imide groups is 1. The van der Waals surface area contributed by atoms with Crippen molar-refractivity contribution >= 4 is 36.2 Å². The van der Waals surface area contributed by atoms with Crippen molar-refractivity contribution in [1.29, 1.82) is 0 Å². The molecule has 0 bridgehead atoms. The number of carbonyl (C=O) groups is 2. The van der Waals surface area contributed by atoms with Gasteiger partial charge in [0.05, 0.1) is 11.8 Å². The summed E-state index contributed by atoms with van der Waals surface area (Å²) in [7, 11) is 0. The van der Waals surface area contributed by atoms with E-state index in [1.807, 2.05) is 0 Å². The van der Waals surface area contributed by atoms with Gasteiger partial charge in [-0.15, -0.1) is 0 Å². The first-order valence-corrected chi connectivity index (χ1v) is 6.85. The number of nitrogens with zero attached hydrogens (tertiary/aromatic N) is 5. The summed E-state index contributed by atoms with van der Waals surface area (Å²) in [6.45, 7) is 0. The molecular formula is C13H13N5O2. The number of fused-ring (bicyclic) bond motifs is 2. The number of hydrogen-bond donors (Lipinski definition) is 0. The van der Waals surface area contributed by atoms with Crippen molar-refractivity contribution in [3.8, 4) is 0 Å². The van der Waals surface area contributed by atoms with Crippen LogP contribution in [0.25, 0.3) is 0 Å². The Morgan fingerprint density at radius 2 is 1.70 bits per heavy atom. The number of carbonyl (C=O) groups excluding carboxylic acids is 2. The summed E-state index contributed by atoms with van der Waals surface area (Å²) in [4.78, 5) is 42.6. The molecule has 2 fully saturated rings. The van der Waals surface area contributed by atoms with E-state index in [2.05, 4.69) is 20.0 Å². The van der Waals surface area contributed by atoms with Crippen LogP contribution >= 0.6 is 0 Å². The van der Waals surface area contributed by atoms with Crippen LogP contribution < -0.4 is 0 Å². The monoisotopic (exact) mass is 271 g/mol. The van der Waals surface area contributed by atoms with Gasteiger partial charge in [0.25, 0.3) is 0 Å². The number of amides is 2. The zero-order valence-corrected chi connectivity index (χ0v) is 10.8. The Balaban J connectivity index is 1.72. The summed E-state index contributed by atoms with van der Waals surface area (Å²) in [6, 6.07) is -0.506. The van der Waals surface area contributed by atoms with Crippen LogP contribution in [0.5, 0.6) is 0 Å². The minimum Gasteiger partial charge on any atom is -0.274 e. The highest BCUT2D eigenvalue weighted by Gasteiger charge is 2.51. The smallest absolute Gasteiger partial charge is 0.238 e. The molecule has 1 saturated carbocycles. The van der Waals surface area contributed by atoms with E-state index in [1.54, 1.807) is 0 Å². The normalized spacial score (nSPS) is 35.0. The minimum atomic E-state index is -0.506. The van der Waals surface area contributed by atoms with E-state index in [9.17, 15) is 9.59 Å². The molecular weight excluding hydrogens is 258 g/mol. The maximum absolute atomic E-state index is 12.5. The van der Waals surface area contributed by atoms with Gasteiger partial charge >= 0.3 is 0 Å². The highest BCUT2D eigenvalue weighted by atomic mass is 16.2. The average molecular weight is 271 g/mol.